The van der Waals surface area contributed by atoms with E-state index in [-0.39, 0.29) is 23.1 Å². The summed E-state index contributed by atoms with van der Waals surface area (Å²) in [5.41, 5.74) is 1.62. The van der Waals surface area contributed by atoms with Gasteiger partial charge in [0.15, 0.2) is 0 Å². The summed E-state index contributed by atoms with van der Waals surface area (Å²) in [5.74, 6) is 1.59. The van der Waals surface area contributed by atoms with Gasteiger partial charge in [-0.1, -0.05) is 0 Å². The first-order chi connectivity index (χ1) is 12.3. The molecule has 0 saturated heterocycles. The zero-order chi connectivity index (χ0) is 18.5. The van der Waals surface area contributed by atoms with Crippen molar-refractivity contribution in [3.05, 3.63) is 53.9 Å². The van der Waals surface area contributed by atoms with E-state index in [0.29, 0.717) is 17.3 Å². The number of carbonyl (C=O) groups excluding carboxylic acids is 1. The number of hydrogen-bond donors (Lipinski definition) is 2. The minimum atomic E-state index is -3.74. The third-order valence-corrected chi connectivity index (χ3v) is 5.36. The molecule has 1 aliphatic rings. The molecule has 3 aromatic rings. The molecule has 0 fully saturated rings. The van der Waals surface area contributed by atoms with Crippen LogP contribution in [0.15, 0.2) is 51.9 Å². The van der Waals surface area contributed by atoms with Crippen LogP contribution in [0.5, 0.6) is 0 Å². The highest BCUT2D eigenvalue weighted by Gasteiger charge is 2.31. The number of hydrogen-bond acceptors (Lipinski definition) is 5. The number of rotatable bonds is 3. The molecule has 8 nitrogen and oxygen atoms in total. The minimum absolute atomic E-state index is 0.0389. The number of carbonyl (C=O) groups is 1. The van der Waals surface area contributed by atoms with Crippen LogP contribution in [0.3, 0.4) is 0 Å². The standard InChI is InChI=1S/C17H16N4O4S/c1-21-17-13(9-19-21)12(8-16(22)20-17)15-7-6-14(25-15)10-2-4-11(5-3-10)26(18,23)24/h2-7,9,12H,8H2,1H3,(H,20,22)(H2,18,23,24). The Balaban J connectivity index is 1.68. The average molecular weight is 372 g/mol. The first kappa shape index (κ1) is 16.6. The molecular formula is C17H16N4O4S. The number of aryl methyl sites for hydroxylation is 1. The van der Waals surface area contributed by atoms with Crippen molar-refractivity contribution < 1.29 is 17.6 Å². The molecule has 1 aliphatic heterocycles. The maximum absolute atomic E-state index is 12.0. The third kappa shape index (κ3) is 2.80. The van der Waals surface area contributed by atoms with Crippen molar-refractivity contribution in [3.63, 3.8) is 0 Å². The van der Waals surface area contributed by atoms with E-state index >= 15 is 0 Å². The molecule has 3 N–H and O–H groups in total. The molecule has 26 heavy (non-hydrogen) atoms. The highest BCUT2D eigenvalue weighted by molar-refractivity contribution is 7.89. The number of anilines is 1. The fraction of sp³-hybridized carbons (Fsp3) is 0.176. The van der Waals surface area contributed by atoms with Crippen LogP contribution in [-0.4, -0.2) is 24.1 Å². The first-order valence-electron chi connectivity index (χ1n) is 7.87. The predicted octanol–water partition coefficient (Wildman–Crippen LogP) is 1.80. The smallest absolute Gasteiger partial charge is 0.238 e. The lowest BCUT2D eigenvalue weighted by atomic mass is 9.92. The third-order valence-electron chi connectivity index (χ3n) is 4.43. The highest BCUT2D eigenvalue weighted by atomic mass is 32.2. The second-order valence-electron chi connectivity index (χ2n) is 6.15. The summed E-state index contributed by atoms with van der Waals surface area (Å²) >= 11 is 0. The molecule has 1 unspecified atom stereocenters. The average Bonchev–Trinajstić information content (AvgIpc) is 3.22. The van der Waals surface area contributed by atoms with E-state index < -0.39 is 10.0 Å². The lowest BCUT2D eigenvalue weighted by Gasteiger charge is -2.21. The van der Waals surface area contributed by atoms with Crippen LogP contribution in [0.2, 0.25) is 0 Å². The van der Waals surface area contributed by atoms with Gasteiger partial charge in [-0.05, 0) is 36.4 Å². The Morgan fingerprint density at radius 2 is 1.96 bits per heavy atom. The second-order valence-corrected chi connectivity index (χ2v) is 7.71. The zero-order valence-electron chi connectivity index (χ0n) is 13.8. The van der Waals surface area contributed by atoms with E-state index in [0.717, 1.165) is 11.1 Å². The summed E-state index contributed by atoms with van der Waals surface area (Å²) in [7, 11) is -1.97. The van der Waals surface area contributed by atoms with Gasteiger partial charge in [0, 0.05) is 24.6 Å². The van der Waals surface area contributed by atoms with Gasteiger partial charge >= 0.3 is 0 Å². The summed E-state index contributed by atoms with van der Waals surface area (Å²) in [6, 6.07) is 9.74. The van der Waals surface area contributed by atoms with E-state index in [2.05, 4.69) is 10.4 Å². The maximum Gasteiger partial charge on any atom is 0.238 e. The molecule has 0 radical (unpaired) electrons. The molecule has 1 aromatic carbocycles. The molecule has 2 aromatic heterocycles. The summed E-state index contributed by atoms with van der Waals surface area (Å²) in [6.45, 7) is 0. The molecule has 134 valence electrons. The normalized spacial score (nSPS) is 17.0. The Morgan fingerprint density at radius 3 is 2.65 bits per heavy atom. The number of furan rings is 1. The van der Waals surface area contributed by atoms with Crippen LogP contribution < -0.4 is 10.5 Å². The Kier molecular flexibility index (Phi) is 3.70. The molecule has 1 atom stereocenters. The summed E-state index contributed by atoms with van der Waals surface area (Å²) in [6.07, 6.45) is 2.00. The molecule has 3 heterocycles. The van der Waals surface area contributed by atoms with Crippen molar-refractivity contribution in [2.24, 2.45) is 12.2 Å². The molecule has 1 amide bonds. The van der Waals surface area contributed by atoms with Gasteiger partial charge in [-0.3, -0.25) is 9.48 Å². The van der Waals surface area contributed by atoms with Gasteiger partial charge in [-0.25, -0.2) is 13.6 Å². The van der Waals surface area contributed by atoms with Crippen LogP contribution in [0.25, 0.3) is 11.3 Å². The van der Waals surface area contributed by atoms with Gasteiger partial charge in [0.25, 0.3) is 0 Å². The summed E-state index contributed by atoms with van der Waals surface area (Å²) < 4.78 is 30.3. The number of nitrogens with zero attached hydrogens (tertiary/aromatic N) is 2. The Labute approximate surface area is 149 Å². The van der Waals surface area contributed by atoms with Crippen molar-refractivity contribution >= 4 is 21.7 Å². The number of amides is 1. The van der Waals surface area contributed by atoms with Crippen molar-refractivity contribution in [2.45, 2.75) is 17.2 Å². The number of sulfonamides is 1. The number of fused-ring (bicyclic) bond motifs is 1. The predicted molar refractivity (Wildman–Crippen MR) is 93.8 cm³/mol. The first-order valence-corrected chi connectivity index (χ1v) is 9.42. The van der Waals surface area contributed by atoms with E-state index in [1.165, 1.54) is 12.1 Å². The number of nitrogens with two attached hydrogens (primary N) is 1. The zero-order valence-corrected chi connectivity index (χ0v) is 14.7. The van der Waals surface area contributed by atoms with Crippen LogP contribution in [0.4, 0.5) is 5.82 Å². The lowest BCUT2D eigenvalue weighted by Crippen LogP contribution is -2.24. The molecule has 0 bridgehead atoms. The lowest BCUT2D eigenvalue weighted by molar-refractivity contribution is -0.116. The number of primary sulfonamides is 1. The van der Waals surface area contributed by atoms with Crippen molar-refractivity contribution in [1.29, 1.82) is 0 Å². The van der Waals surface area contributed by atoms with Gasteiger partial charge < -0.3 is 9.73 Å². The van der Waals surface area contributed by atoms with Gasteiger partial charge in [0.05, 0.1) is 17.0 Å². The molecule has 0 saturated carbocycles. The summed E-state index contributed by atoms with van der Waals surface area (Å²) in [5, 5.41) is 12.1. The van der Waals surface area contributed by atoms with Gasteiger partial charge in [-0.15, -0.1) is 0 Å². The topological polar surface area (TPSA) is 120 Å². The van der Waals surface area contributed by atoms with Crippen molar-refractivity contribution in [3.8, 4) is 11.3 Å². The highest BCUT2D eigenvalue weighted by Crippen LogP contribution is 2.38. The minimum Gasteiger partial charge on any atom is -0.460 e. The van der Waals surface area contributed by atoms with Crippen molar-refractivity contribution in [2.75, 3.05) is 5.32 Å². The van der Waals surface area contributed by atoms with Crippen LogP contribution >= 0.6 is 0 Å². The summed E-state index contributed by atoms with van der Waals surface area (Å²) in [4.78, 5) is 12.0. The Morgan fingerprint density at radius 1 is 1.23 bits per heavy atom. The van der Waals surface area contributed by atoms with Crippen LogP contribution in [-0.2, 0) is 21.9 Å². The molecule has 4 rings (SSSR count). The quantitative estimate of drug-likeness (QED) is 0.726. The van der Waals surface area contributed by atoms with Crippen molar-refractivity contribution in [1.82, 2.24) is 9.78 Å². The van der Waals surface area contributed by atoms with E-state index in [4.69, 9.17) is 9.56 Å². The van der Waals surface area contributed by atoms with Gasteiger partial charge in [-0.2, -0.15) is 5.10 Å². The molecule has 9 heteroatoms. The molecule has 0 aliphatic carbocycles. The van der Waals surface area contributed by atoms with Crippen LogP contribution in [0.1, 0.15) is 23.7 Å². The fourth-order valence-corrected chi connectivity index (χ4v) is 3.61. The Hall–Kier alpha value is -2.91. The van der Waals surface area contributed by atoms with Crippen LogP contribution in [0, 0.1) is 0 Å². The van der Waals surface area contributed by atoms with Gasteiger partial charge in [0.1, 0.15) is 17.3 Å². The van der Waals surface area contributed by atoms with E-state index in [1.807, 2.05) is 6.07 Å². The number of benzene rings is 1. The molecular weight excluding hydrogens is 356 g/mol. The number of aromatic nitrogens is 2. The van der Waals surface area contributed by atoms with Gasteiger partial charge in [0.2, 0.25) is 15.9 Å². The second kappa shape index (κ2) is 5.82. The largest absolute Gasteiger partial charge is 0.460 e. The van der Waals surface area contributed by atoms with E-state index in [1.54, 1.807) is 36.1 Å². The fourth-order valence-electron chi connectivity index (χ4n) is 3.10. The Bertz CT molecular complexity index is 1100. The molecule has 0 spiro atoms. The SMILES string of the molecule is Cn1ncc2c1NC(=O)CC2c1ccc(-c2ccc(S(N)(=O)=O)cc2)o1. The monoisotopic (exact) mass is 372 g/mol. The maximum atomic E-state index is 12.0. The number of nitrogens with one attached hydrogen (secondary N) is 1. The van der Waals surface area contributed by atoms with E-state index in [9.17, 15) is 13.2 Å².